The third-order valence-electron chi connectivity index (χ3n) is 4.82. The lowest BCUT2D eigenvalue weighted by molar-refractivity contribution is 0.146. The molecule has 2 aliphatic heterocycles. The van der Waals surface area contributed by atoms with Crippen LogP contribution in [-0.2, 0) is 6.42 Å². The van der Waals surface area contributed by atoms with Gasteiger partial charge in [-0.15, -0.1) is 0 Å². The SMILES string of the molecule is CC1CN(C)CCCN1C(CN)c1ccc2c(c1)CCO2. The zero-order chi connectivity index (χ0) is 14.8. The lowest BCUT2D eigenvalue weighted by Crippen LogP contribution is -2.42. The number of rotatable bonds is 3. The van der Waals surface area contributed by atoms with E-state index in [0.717, 1.165) is 31.9 Å². The van der Waals surface area contributed by atoms with Crippen LogP contribution in [0.4, 0.5) is 0 Å². The topological polar surface area (TPSA) is 41.7 Å². The summed E-state index contributed by atoms with van der Waals surface area (Å²) < 4.78 is 5.62. The molecule has 2 atom stereocenters. The molecule has 0 saturated carbocycles. The average Bonchev–Trinajstić information content (AvgIpc) is 2.87. The van der Waals surface area contributed by atoms with Crippen LogP contribution < -0.4 is 10.5 Å². The average molecular weight is 289 g/mol. The molecule has 3 rings (SSSR count). The Hall–Kier alpha value is -1.10. The summed E-state index contributed by atoms with van der Waals surface area (Å²) in [6.07, 6.45) is 2.24. The van der Waals surface area contributed by atoms with Crippen molar-refractivity contribution in [1.29, 1.82) is 0 Å². The highest BCUT2D eigenvalue weighted by Gasteiger charge is 2.27. The van der Waals surface area contributed by atoms with Crippen LogP contribution in [0.25, 0.3) is 0 Å². The minimum atomic E-state index is 0.317. The fourth-order valence-electron chi connectivity index (χ4n) is 3.73. The highest BCUT2D eigenvalue weighted by molar-refractivity contribution is 5.41. The van der Waals surface area contributed by atoms with E-state index in [2.05, 4.69) is 42.0 Å². The van der Waals surface area contributed by atoms with Gasteiger partial charge in [-0.05, 0) is 44.1 Å². The molecule has 1 aromatic rings. The second kappa shape index (κ2) is 6.34. The van der Waals surface area contributed by atoms with Gasteiger partial charge in [-0.25, -0.2) is 0 Å². The second-order valence-electron chi connectivity index (χ2n) is 6.42. The molecule has 1 saturated heterocycles. The van der Waals surface area contributed by atoms with Crippen LogP contribution in [0.3, 0.4) is 0 Å². The maximum atomic E-state index is 6.14. The van der Waals surface area contributed by atoms with Gasteiger partial charge in [-0.1, -0.05) is 12.1 Å². The molecule has 4 nitrogen and oxygen atoms in total. The smallest absolute Gasteiger partial charge is 0.122 e. The van der Waals surface area contributed by atoms with Gasteiger partial charge in [-0.2, -0.15) is 0 Å². The van der Waals surface area contributed by atoms with Crippen molar-refractivity contribution in [1.82, 2.24) is 9.80 Å². The molecule has 0 spiro atoms. The van der Waals surface area contributed by atoms with Crippen molar-refractivity contribution in [3.05, 3.63) is 29.3 Å². The van der Waals surface area contributed by atoms with Crippen LogP contribution in [0.15, 0.2) is 18.2 Å². The fraction of sp³-hybridized carbons (Fsp3) is 0.647. The Labute approximate surface area is 127 Å². The van der Waals surface area contributed by atoms with Crippen LogP contribution in [-0.4, -0.2) is 55.7 Å². The van der Waals surface area contributed by atoms with Crippen LogP contribution in [0.5, 0.6) is 5.75 Å². The summed E-state index contributed by atoms with van der Waals surface area (Å²) in [6, 6.07) is 7.48. The number of ether oxygens (including phenoxy) is 1. The van der Waals surface area contributed by atoms with Crippen LogP contribution in [0.2, 0.25) is 0 Å². The third kappa shape index (κ3) is 3.07. The summed E-state index contributed by atoms with van der Waals surface area (Å²) in [5.41, 5.74) is 8.83. The van der Waals surface area contributed by atoms with Gasteiger partial charge in [0.25, 0.3) is 0 Å². The van der Waals surface area contributed by atoms with Crippen molar-refractivity contribution in [3.8, 4) is 5.75 Å². The first kappa shape index (κ1) is 14.8. The van der Waals surface area contributed by atoms with Crippen molar-refractivity contribution in [2.75, 3.05) is 39.8 Å². The first-order valence-electron chi connectivity index (χ1n) is 8.09. The Kier molecular flexibility index (Phi) is 4.48. The second-order valence-corrected chi connectivity index (χ2v) is 6.42. The molecule has 116 valence electrons. The normalized spacial score (nSPS) is 25.2. The lowest BCUT2D eigenvalue weighted by Gasteiger charge is -2.35. The predicted molar refractivity (Wildman–Crippen MR) is 85.7 cm³/mol. The number of likely N-dealkylation sites (N-methyl/N-ethyl adjacent to an activating group) is 1. The minimum absolute atomic E-state index is 0.317. The van der Waals surface area contributed by atoms with E-state index in [1.165, 1.54) is 24.1 Å². The molecule has 0 amide bonds. The van der Waals surface area contributed by atoms with Crippen molar-refractivity contribution in [2.24, 2.45) is 5.73 Å². The Morgan fingerprint density at radius 2 is 2.24 bits per heavy atom. The predicted octanol–water partition coefficient (Wildman–Crippen LogP) is 1.65. The molecule has 1 fully saturated rings. The zero-order valence-corrected chi connectivity index (χ0v) is 13.2. The minimum Gasteiger partial charge on any atom is -0.493 e. The summed E-state index contributed by atoms with van der Waals surface area (Å²) in [7, 11) is 2.21. The summed E-state index contributed by atoms with van der Waals surface area (Å²) in [6.45, 7) is 7.23. The van der Waals surface area contributed by atoms with E-state index < -0.39 is 0 Å². The Morgan fingerprint density at radius 3 is 3.05 bits per heavy atom. The van der Waals surface area contributed by atoms with Gasteiger partial charge >= 0.3 is 0 Å². The van der Waals surface area contributed by atoms with Crippen molar-refractivity contribution < 1.29 is 4.74 Å². The highest BCUT2D eigenvalue weighted by atomic mass is 16.5. The highest BCUT2D eigenvalue weighted by Crippen LogP contribution is 2.31. The molecule has 1 aromatic carbocycles. The molecular formula is C17H27N3O. The maximum absolute atomic E-state index is 6.14. The molecule has 4 heteroatoms. The molecule has 2 heterocycles. The van der Waals surface area contributed by atoms with E-state index >= 15 is 0 Å². The monoisotopic (exact) mass is 289 g/mol. The van der Waals surface area contributed by atoms with Crippen molar-refractivity contribution >= 4 is 0 Å². The maximum Gasteiger partial charge on any atom is 0.122 e. The van der Waals surface area contributed by atoms with E-state index in [1.807, 2.05) is 0 Å². The van der Waals surface area contributed by atoms with Gasteiger partial charge in [0.05, 0.1) is 6.61 Å². The molecule has 2 N–H and O–H groups in total. The van der Waals surface area contributed by atoms with Gasteiger partial charge in [0.15, 0.2) is 0 Å². The zero-order valence-electron chi connectivity index (χ0n) is 13.2. The van der Waals surface area contributed by atoms with Crippen LogP contribution in [0, 0.1) is 0 Å². The molecule has 0 radical (unpaired) electrons. The Balaban J connectivity index is 1.83. The molecular weight excluding hydrogens is 262 g/mol. The van der Waals surface area contributed by atoms with Crippen LogP contribution in [0.1, 0.15) is 30.5 Å². The molecule has 2 unspecified atom stereocenters. The molecule has 0 aromatic heterocycles. The molecule has 2 aliphatic rings. The Morgan fingerprint density at radius 1 is 1.38 bits per heavy atom. The first-order valence-corrected chi connectivity index (χ1v) is 8.09. The number of hydrogen-bond donors (Lipinski definition) is 1. The lowest BCUT2D eigenvalue weighted by atomic mass is 10.00. The fourth-order valence-corrected chi connectivity index (χ4v) is 3.73. The van der Waals surface area contributed by atoms with Gasteiger partial charge in [-0.3, -0.25) is 4.90 Å². The van der Waals surface area contributed by atoms with E-state index in [9.17, 15) is 0 Å². The number of nitrogens with zero attached hydrogens (tertiary/aromatic N) is 2. The Bertz CT molecular complexity index is 491. The van der Waals surface area contributed by atoms with E-state index in [-0.39, 0.29) is 0 Å². The van der Waals surface area contributed by atoms with E-state index in [0.29, 0.717) is 18.6 Å². The molecule has 0 aliphatic carbocycles. The summed E-state index contributed by atoms with van der Waals surface area (Å²) in [5.74, 6) is 1.05. The van der Waals surface area contributed by atoms with Gasteiger partial charge in [0, 0.05) is 38.1 Å². The standard InChI is InChI=1S/C17H27N3O/c1-13-12-19(2)7-3-8-20(13)16(11-18)14-4-5-17-15(10-14)6-9-21-17/h4-5,10,13,16H,3,6-9,11-12,18H2,1-2H3. The molecule has 0 bridgehead atoms. The van der Waals surface area contributed by atoms with Gasteiger partial charge in [0.1, 0.15) is 5.75 Å². The van der Waals surface area contributed by atoms with Crippen molar-refractivity contribution in [3.63, 3.8) is 0 Å². The number of nitrogens with two attached hydrogens (primary N) is 1. The van der Waals surface area contributed by atoms with E-state index in [1.54, 1.807) is 0 Å². The summed E-state index contributed by atoms with van der Waals surface area (Å²) in [4.78, 5) is 5.01. The first-order chi connectivity index (χ1) is 10.2. The quantitative estimate of drug-likeness (QED) is 0.919. The number of fused-ring (bicyclic) bond motifs is 1. The summed E-state index contributed by atoms with van der Waals surface area (Å²) in [5, 5.41) is 0. The number of benzene rings is 1. The summed E-state index contributed by atoms with van der Waals surface area (Å²) >= 11 is 0. The number of hydrogen-bond acceptors (Lipinski definition) is 4. The van der Waals surface area contributed by atoms with E-state index in [4.69, 9.17) is 10.5 Å². The van der Waals surface area contributed by atoms with Crippen LogP contribution >= 0.6 is 0 Å². The third-order valence-corrected chi connectivity index (χ3v) is 4.82. The largest absolute Gasteiger partial charge is 0.493 e. The van der Waals surface area contributed by atoms with Gasteiger partial charge < -0.3 is 15.4 Å². The molecule has 21 heavy (non-hydrogen) atoms. The van der Waals surface area contributed by atoms with Gasteiger partial charge in [0.2, 0.25) is 0 Å². The van der Waals surface area contributed by atoms with Crippen molar-refractivity contribution in [2.45, 2.75) is 31.8 Å².